The van der Waals surface area contributed by atoms with Crippen LogP contribution in [-0.4, -0.2) is 13.1 Å². The topological polar surface area (TPSA) is 12.0 Å². The largest absolute Gasteiger partial charge is 0.316 e. The molecule has 0 spiro atoms. The summed E-state index contributed by atoms with van der Waals surface area (Å²) in [5, 5.41) is 3.76. The van der Waals surface area contributed by atoms with Gasteiger partial charge in [-0.3, -0.25) is 0 Å². The average molecular weight is 223 g/mol. The Kier molecular flexibility index (Phi) is 5.15. The van der Waals surface area contributed by atoms with Crippen molar-refractivity contribution in [1.29, 1.82) is 0 Å². The Hall–Kier alpha value is -0.0400. The van der Waals surface area contributed by atoms with Crippen LogP contribution in [0.1, 0.15) is 64.7 Å². The van der Waals surface area contributed by atoms with Gasteiger partial charge in [0, 0.05) is 0 Å². The quantitative estimate of drug-likeness (QED) is 0.760. The van der Waals surface area contributed by atoms with Crippen molar-refractivity contribution in [3.8, 4) is 0 Å². The highest BCUT2D eigenvalue weighted by Crippen LogP contribution is 2.29. The summed E-state index contributed by atoms with van der Waals surface area (Å²) in [6.07, 6.45) is 13.3. The maximum Gasteiger partial charge on any atom is -0.00179 e. The van der Waals surface area contributed by atoms with Gasteiger partial charge in [-0.25, -0.2) is 0 Å². The zero-order valence-corrected chi connectivity index (χ0v) is 11.0. The second-order valence-corrected chi connectivity index (χ2v) is 6.18. The fourth-order valence-corrected chi connectivity index (χ4v) is 3.56. The van der Waals surface area contributed by atoms with Crippen LogP contribution < -0.4 is 5.32 Å². The van der Waals surface area contributed by atoms with E-state index in [1.807, 2.05) is 0 Å². The van der Waals surface area contributed by atoms with Crippen LogP contribution >= 0.6 is 0 Å². The van der Waals surface area contributed by atoms with E-state index in [0.29, 0.717) is 0 Å². The predicted molar refractivity (Wildman–Crippen MR) is 70.6 cm³/mol. The average Bonchev–Trinajstić information content (AvgIpc) is 2.33. The maximum atomic E-state index is 3.76. The summed E-state index contributed by atoms with van der Waals surface area (Å²) in [6.45, 7) is 5.03. The Morgan fingerprint density at radius 3 is 2.25 bits per heavy atom. The molecular formula is C15H29N. The van der Waals surface area contributed by atoms with E-state index in [1.165, 1.54) is 70.9 Å². The molecule has 2 aliphatic carbocycles. The van der Waals surface area contributed by atoms with E-state index in [9.17, 15) is 0 Å². The second kappa shape index (κ2) is 6.64. The molecule has 16 heavy (non-hydrogen) atoms. The highest BCUT2D eigenvalue weighted by molar-refractivity contribution is 4.75. The molecule has 0 aromatic heterocycles. The normalized spacial score (nSPS) is 32.8. The molecule has 2 atom stereocenters. The molecule has 1 N–H and O–H groups in total. The Balaban J connectivity index is 1.59. The second-order valence-electron chi connectivity index (χ2n) is 6.18. The number of hydrogen-bond donors (Lipinski definition) is 1. The molecule has 2 saturated carbocycles. The molecule has 2 fully saturated rings. The van der Waals surface area contributed by atoms with Crippen molar-refractivity contribution in [2.45, 2.75) is 64.7 Å². The lowest BCUT2D eigenvalue weighted by atomic mass is 9.80. The molecule has 0 amide bonds. The third-order valence-corrected chi connectivity index (χ3v) is 4.85. The molecule has 0 bridgehead atoms. The Bertz CT molecular complexity index is 184. The molecule has 1 nitrogen and oxygen atoms in total. The van der Waals surface area contributed by atoms with Gasteiger partial charge in [-0.1, -0.05) is 45.4 Å². The molecule has 0 aromatic carbocycles. The Labute approximate surface area is 101 Å². The fourth-order valence-electron chi connectivity index (χ4n) is 3.56. The first-order valence-corrected chi connectivity index (χ1v) is 7.57. The lowest BCUT2D eigenvalue weighted by Crippen LogP contribution is -2.33. The smallest absolute Gasteiger partial charge is 0.00179 e. The minimum absolute atomic E-state index is 0.965. The molecule has 0 aliphatic heterocycles. The minimum atomic E-state index is 0.965. The molecule has 2 unspecified atom stereocenters. The number of rotatable bonds is 4. The first-order chi connectivity index (χ1) is 7.86. The fraction of sp³-hybridized carbons (Fsp3) is 1.00. The Morgan fingerprint density at radius 1 is 0.812 bits per heavy atom. The van der Waals surface area contributed by atoms with Gasteiger partial charge in [0.05, 0.1) is 0 Å². The Morgan fingerprint density at radius 2 is 1.50 bits per heavy atom. The van der Waals surface area contributed by atoms with E-state index in [4.69, 9.17) is 0 Å². The first kappa shape index (κ1) is 12.4. The van der Waals surface area contributed by atoms with E-state index < -0.39 is 0 Å². The standard InChI is InChI=1S/C15H29N/c1-13-7-5-6-10-15(13)12-16-11-14-8-3-2-4-9-14/h13-16H,2-12H2,1H3. The zero-order valence-electron chi connectivity index (χ0n) is 11.0. The lowest BCUT2D eigenvalue weighted by Gasteiger charge is -2.30. The van der Waals surface area contributed by atoms with Gasteiger partial charge >= 0.3 is 0 Å². The van der Waals surface area contributed by atoms with Crippen LogP contribution in [-0.2, 0) is 0 Å². The SMILES string of the molecule is CC1CCCCC1CNCC1CCCCC1. The molecular weight excluding hydrogens is 194 g/mol. The van der Waals surface area contributed by atoms with Crippen LogP contribution in [0.5, 0.6) is 0 Å². The highest BCUT2D eigenvalue weighted by atomic mass is 14.9. The van der Waals surface area contributed by atoms with Gasteiger partial charge in [0.15, 0.2) is 0 Å². The van der Waals surface area contributed by atoms with E-state index in [-0.39, 0.29) is 0 Å². The van der Waals surface area contributed by atoms with Crippen molar-refractivity contribution in [1.82, 2.24) is 5.32 Å². The van der Waals surface area contributed by atoms with Crippen LogP contribution in [0.2, 0.25) is 0 Å². The molecule has 2 aliphatic rings. The van der Waals surface area contributed by atoms with E-state index >= 15 is 0 Å². The molecule has 1 heteroatoms. The number of hydrogen-bond acceptors (Lipinski definition) is 1. The third kappa shape index (κ3) is 3.76. The van der Waals surface area contributed by atoms with Crippen molar-refractivity contribution in [2.75, 3.05) is 13.1 Å². The van der Waals surface area contributed by atoms with Crippen molar-refractivity contribution in [3.05, 3.63) is 0 Å². The van der Waals surface area contributed by atoms with Crippen molar-refractivity contribution in [2.24, 2.45) is 17.8 Å². The summed E-state index contributed by atoms with van der Waals surface area (Å²) in [7, 11) is 0. The molecule has 0 radical (unpaired) electrons. The summed E-state index contributed by atoms with van der Waals surface area (Å²) in [6, 6.07) is 0. The summed E-state index contributed by atoms with van der Waals surface area (Å²) in [5.74, 6) is 2.93. The van der Waals surface area contributed by atoms with Gasteiger partial charge in [-0.15, -0.1) is 0 Å². The van der Waals surface area contributed by atoms with Crippen molar-refractivity contribution < 1.29 is 0 Å². The predicted octanol–water partition coefficient (Wildman–Crippen LogP) is 3.98. The monoisotopic (exact) mass is 223 g/mol. The lowest BCUT2D eigenvalue weighted by molar-refractivity contribution is 0.239. The van der Waals surface area contributed by atoms with Crippen molar-refractivity contribution >= 4 is 0 Å². The molecule has 0 heterocycles. The molecule has 2 rings (SSSR count). The highest BCUT2D eigenvalue weighted by Gasteiger charge is 2.21. The molecule has 0 saturated heterocycles. The van der Waals surface area contributed by atoms with Crippen LogP contribution in [0, 0.1) is 17.8 Å². The molecule has 94 valence electrons. The summed E-state index contributed by atoms with van der Waals surface area (Å²) < 4.78 is 0. The number of nitrogens with one attached hydrogen (secondary N) is 1. The van der Waals surface area contributed by atoms with Gasteiger partial charge in [0.2, 0.25) is 0 Å². The van der Waals surface area contributed by atoms with E-state index in [2.05, 4.69) is 12.2 Å². The van der Waals surface area contributed by atoms with E-state index in [0.717, 1.165) is 17.8 Å². The van der Waals surface area contributed by atoms with Crippen LogP contribution in [0.3, 0.4) is 0 Å². The van der Waals surface area contributed by atoms with Gasteiger partial charge in [-0.05, 0) is 50.1 Å². The van der Waals surface area contributed by atoms with E-state index in [1.54, 1.807) is 0 Å². The third-order valence-electron chi connectivity index (χ3n) is 4.85. The van der Waals surface area contributed by atoms with Gasteiger partial charge in [-0.2, -0.15) is 0 Å². The molecule has 0 aromatic rings. The maximum absolute atomic E-state index is 3.76. The van der Waals surface area contributed by atoms with Crippen LogP contribution in [0.15, 0.2) is 0 Å². The zero-order chi connectivity index (χ0) is 11.2. The van der Waals surface area contributed by atoms with Crippen LogP contribution in [0.25, 0.3) is 0 Å². The van der Waals surface area contributed by atoms with Gasteiger partial charge in [0.25, 0.3) is 0 Å². The van der Waals surface area contributed by atoms with Crippen molar-refractivity contribution in [3.63, 3.8) is 0 Å². The first-order valence-electron chi connectivity index (χ1n) is 7.57. The van der Waals surface area contributed by atoms with Crippen LogP contribution in [0.4, 0.5) is 0 Å². The van der Waals surface area contributed by atoms with Gasteiger partial charge < -0.3 is 5.32 Å². The minimum Gasteiger partial charge on any atom is -0.316 e. The summed E-state index contributed by atoms with van der Waals surface area (Å²) >= 11 is 0. The summed E-state index contributed by atoms with van der Waals surface area (Å²) in [5.41, 5.74) is 0. The van der Waals surface area contributed by atoms with Gasteiger partial charge in [0.1, 0.15) is 0 Å². The summed E-state index contributed by atoms with van der Waals surface area (Å²) in [4.78, 5) is 0.